The van der Waals surface area contributed by atoms with Crippen LogP contribution >= 0.6 is 0 Å². The molecule has 3 aromatic rings. The molecule has 0 aliphatic carbocycles. The third-order valence-corrected chi connectivity index (χ3v) is 5.99. The summed E-state index contributed by atoms with van der Waals surface area (Å²) in [5.41, 5.74) is 1.43. The van der Waals surface area contributed by atoms with E-state index in [4.69, 9.17) is 0 Å². The van der Waals surface area contributed by atoms with Crippen molar-refractivity contribution < 1.29 is 22.0 Å². The molecule has 162 valence electrons. The van der Waals surface area contributed by atoms with Crippen LogP contribution in [-0.2, 0) is 15.4 Å². The van der Waals surface area contributed by atoms with E-state index >= 15 is 0 Å². The summed E-state index contributed by atoms with van der Waals surface area (Å²) in [5.74, 6) is -2.00. The van der Waals surface area contributed by atoms with E-state index in [0.717, 1.165) is 23.8 Å². The fourth-order valence-electron chi connectivity index (χ4n) is 2.82. The molecule has 0 aromatic heterocycles. The normalized spacial score (nSPS) is 11.8. The summed E-state index contributed by atoms with van der Waals surface area (Å²) in [5, 5.41) is 2.70. The highest BCUT2D eigenvalue weighted by Gasteiger charge is 2.18. The van der Waals surface area contributed by atoms with Crippen LogP contribution in [0.3, 0.4) is 0 Å². The lowest BCUT2D eigenvalue weighted by Gasteiger charge is -2.19. The first-order valence-electron chi connectivity index (χ1n) is 9.45. The fraction of sp³-hybridized carbons (Fsp3) is 0.174. The smallest absolute Gasteiger partial charge is 0.261 e. The highest BCUT2D eigenvalue weighted by molar-refractivity contribution is 7.92. The standard InChI is InChI=1S/C23H22F2N2O3S/c1-23(2,3)16-6-4-15(5-7-16)22(28)26-18-9-11-19(12-10-18)31(29,30)27-21-14-17(24)8-13-20(21)25/h4-14,27H,1-3H3,(H,26,28). The van der Waals surface area contributed by atoms with Gasteiger partial charge in [0.2, 0.25) is 0 Å². The molecule has 0 heterocycles. The van der Waals surface area contributed by atoms with Crippen molar-refractivity contribution in [1.82, 2.24) is 0 Å². The summed E-state index contributed by atoms with van der Waals surface area (Å²) >= 11 is 0. The van der Waals surface area contributed by atoms with Gasteiger partial charge in [-0.25, -0.2) is 17.2 Å². The molecule has 31 heavy (non-hydrogen) atoms. The number of sulfonamides is 1. The Morgan fingerprint density at radius 2 is 1.48 bits per heavy atom. The van der Waals surface area contributed by atoms with Crippen LogP contribution in [0.1, 0.15) is 36.7 Å². The average Bonchev–Trinajstić information content (AvgIpc) is 2.70. The second kappa shape index (κ2) is 8.47. The van der Waals surface area contributed by atoms with Crippen molar-refractivity contribution in [2.24, 2.45) is 0 Å². The van der Waals surface area contributed by atoms with Crippen molar-refractivity contribution in [3.05, 3.63) is 89.5 Å². The Hall–Kier alpha value is -3.26. The third kappa shape index (κ3) is 5.46. The monoisotopic (exact) mass is 444 g/mol. The molecule has 0 atom stereocenters. The molecule has 8 heteroatoms. The Morgan fingerprint density at radius 3 is 2.06 bits per heavy atom. The van der Waals surface area contributed by atoms with Gasteiger partial charge in [-0.05, 0) is 59.5 Å². The molecule has 1 amide bonds. The van der Waals surface area contributed by atoms with Crippen LogP contribution in [0, 0.1) is 11.6 Å². The molecule has 0 spiro atoms. The number of nitrogens with one attached hydrogen (secondary N) is 2. The summed E-state index contributed by atoms with van der Waals surface area (Å²) in [6, 6.07) is 15.1. The minimum atomic E-state index is -4.14. The summed E-state index contributed by atoms with van der Waals surface area (Å²) in [4.78, 5) is 12.3. The molecule has 2 N–H and O–H groups in total. The molecule has 0 saturated carbocycles. The van der Waals surface area contributed by atoms with E-state index in [9.17, 15) is 22.0 Å². The topological polar surface area (TPSA) is 75.3 Å². The zero-order valence-electron chi connectivity index (χ0n) is 17.2. The molecular weight excluding hydrogens is 422 g/mol. The largest absolute Gasteiger partial charge is 0.322 e. The van der Waals surface area contributed by atoms with Crippen molar-refractivity contribution in [3.63, 3.8) is 0 Å². The molecule has 0 aliphatic rings. The maximum atomic E-state index is 13.7. The van der Waals surface area contributed by atoms with Gasteiger partial charge in [0.05, 0.1) is 10.6 Å². The Balaban J connectivity index is 1.72. The van der Waals surface area contributed by atoms with E-state index in [2.05, 4.69) is 26.1 Å². The van der Waals surface area contributed by atoms with E-state index in [1.807, 2.05) is 16.9 Å². The zero-order chi connectivity index (χ0) is 22.8. The predicted molar refractivity (Wildman–Crippen MR) is 117 cm³/mol. The van der Waals surface area contributed by atoms with Crippen molar-refractivity contribution in [1.29, 1.82) is 0 Å². The van der Waals surface area contributed by atoms with Gasteiger partial charge in [-0.2, -0.15) is 0 Å². The average molecular weight is 445 g/mol. The van der Waals surface area contributed by atoms with Gasteiger partial charge in [-0.1, -0.05) is 32.9 Å². The predicted octanol–water partition coefficient (Wildman–Crippen LogP) is 5.32. The second-order valence-corrected chi connectivity index (χ2v) is 9.72. The van der Waals surface area contributed by atoms with Gasteiger partial charge in [0.15, 0.2) is 0 Å². The molecule has 0 saturated heterocycles. The number of halogens is 2. The number of hydrogen-bond acceptors (Lipinski definition) is 3. The number of carbonyl (C=O) groups excluding carboxylic acids is 1. The molecule has 3 rings (SSSR count). The first-order valence-corrected chi connectivity index (χ1v) is 10.9. The number of carbonyl (C=O) groups is 1. The third-order valence-electron chi connectivity index (χ3n) is 4.61. The molecule has 5 nitrogen and oxygen atoms in total. The van der Waals surface area contributed by atoms with Crippen molar-refractivity contribution in [2.75, 3.05) is 10.0 Å². The van der Waals surface area contributed by atoms with E-state index in [1.165, 1.54) is 24.3 Å². The van der Waals surface area contributed by atoms with Gasteiger partial charge < -0.3 is 5.32 Å². The lowest BCUT2D eigenvalue weighted by molar-refractivity contribution is 0.102. The van der Waals surface area contributed by atoms with Crippen molar-refractivity contribution >= 4 is 27.3 Å². The SMILES string of the molecule is CC(C)(C)c1ccc(C(=O)Nc2ccc(S(=O)(=O)Nc3cc(F)ccc3F)cc2)cc1. The number of amides is 1. The number of rotatable bonds is 5. The summed E-state index contributed by atoms with van der Waals surface area (Å²) in [6.07, 6.45) is 0. The maximum Gasteiger partial charge on any atom is 0.261 e. The van der Waals surface area contributed by atoms with E-state index in [1.54, 1.807) is 12.1 Å². The summed E-state index contributed by atoms with van der Waals surface area (Å²) in [7, 11) is -4.14. The van der Waals surface area contributed by atoms with Crippen LogP contribution in [-0.4, -0.2) is 14.3 Å². The molecule has 0 unspecified atom stereocenters. The number of anilines is 2. The lowest BCUT2D eigenvalue weighted by atomic mass is 9.87. The molecule has 0 aliphatic heterocycles. The quantitative estimate of drug-likeness (QED) is 0.560. The first-order chi connectivity index (χ1) is 14.5. The molecular formula is C23H22F2N2O3S. The van der Waals surface area contributed by atoms with Crippen molar-refractivity contribution in [3.8, 4) is 0 Å². The first kappa shape index (κ1) is 22.4. The Labute approximate surface area is 180 Å². The van der Waals surface area contributed by atoms with Gasteiger partial charge >= 0.3 is 0 Å². The van der Waals surface area contributed by atoms with Crippen LogP contribution < -0.4 is 10.0 Å². The fourth-order valence-corrected chi connectivity index (χ4v) is 3.88. The highest BCUT2D eigenvalue weighted by Crippen LogP contribution is 2.23. The van der Waals surface area contributed by atoms with Gasteiger partial charge in [0, 0.05) is 17.3 Å². The molecule has 3 aromatic carbocycles. The minimum absolute atomic E-state index is 0.0290. The Kier molecular flexibility index (Phi) is 6.13. The number of benzene rings is 3. The molecule has 0 fully saturated rings. The van der Waals surface area contributed by atoms with Crippen molar-refractivity contribution in [2.45, 2.75) is 31.1 Å². The number of hydrogen-bond donors (Lipinski definition) is 2. The molecule has 0 radical (unpaired) electrons. The summed E-state index contributed by atoms with van der Waals surface area (Å²) < 4.78 is 53.9. The zero-order valence-corrected chi connectivity index (χ0v) is 18.1. The van der Waals surface area contributed by atoms with E-state index < -0.39 is 27.3 Å². The second-order valence-electron chi connectivity index (χ2n) is 8.04. The highest BCUT2D eigenvalue weighted by atomic mass is 32.2. The van der Waals surface area contributed by atoms with E-state index in [-0.39, 0.29) is 16.2 Å². The van der Waals surface area contributed by atoms with Crippen LogP contribution in [0.25, 0.3) is 0 Å². The van der Waals surface area contributed by atoms with Gasteiger partial charge in [0.1, 0.15) is 11.6 Å². The van der Waals surface area contributed by atoms with Crippen LogP contribution in [0.4, 0.5) is 20.2 Å². The van der Waals surface area contributed by atoms with Crippen LogP contribution in [0.15, 0.2) is 71.6 Å². The van der Waals surface area contributed by atoms with Gasteiger partial charge in [-0.3, -0.25) is 9.52 Å². The maximum absolute atomic E-state index is 13.7. The van der Waals surface area contributed by atoms with Gasteiger partial charge in [0.25, 0.3) is 15.9 Å². The minimum Gasteiger partial charge on any atom is -0.322 e. The summed E-state index contributed by atoms with van der Waals surface area (Å²) in [6.45, 7) is 6.24. The van der Waals surface area contributed by atoms with Crippen LogP contribution in [0.5, 0.6) is 0 Å². The Bertz CT molecular complexity index is 1200. The van der Waals surface area contributed by atoms with Gasteiger partial charge in [-0.15, -0.1) is 0 Å². The lowest BCUT2D eigenvalue weighted by Crippen LogP contribution is -2.15. The van der Waals surface area contributed by atoms with E-state index in [0.29, 0.717) is 11.3 Å². The Morgan fingerprint density at radius 1 is 0.871 bits per heavy atom. The van der Waals surface area contributed by atoms with Crippen LogP contribution in [0.2, 0.25) is 0 Å². The molecule has 0 bridgehead atoms.